The minimum Gasteiger partial charge on any atom is -0.480 e. The molecular formula is C9H17NO5S. The number of amides is 1. The second kappa shape index (κ2) is 4.82. The number of carboxylic acids is 1. The Morgan fingerprint density at radius 2 is 1.75 bits per heavy atom. The zero-order valence-corrected chi connectivity index (χ0v) is 10.6. The Bertz CT molecular complexity index is 379. The Labute approximate surface area is 95.0 Å². The molecule has 0 aliphatic heterocycles. The molecule has 2 N–H and O–H groups in total. The normalized spacial score (nSPS) is 14.2. The zero-order chi connectivity index (χ0) is 13.1. The van der Waals surface area contributed by atoms with E-state index in [9.17, 15) is 18.0 Å². The minimum atomic E-state index is -3.57. The topological polar surface area (TPSA) is 101 Å². The van der Waals surface area contributed by atoms with Crippen molar-refractivity contribution in [2.24, 2.45) is 0 Å². The van der Waals surface area contributed by atoms with E-state index in [1.54, 1.807) is 0 Å². The molecule has 0 rings (SSSR count). The monoisotopic (exact) mass is 251 g/mol. The van der Waals surface area contributed by atoms with Crippen molar-refractivity contribution in [2.45, 2.75) is 38.5 Å². The molecule has 0 aliphatic carbocycles. The van der Waals surface area contributed by atoms with Crippen LogP contribution in [0.2, 0.25) is 0 Å². The van der Waals surface area contributed by atoms with Crippen LogP contribution in [-0.2, 0) is 19.4 Å². The van der Waals surface area contributed by atoms with Crippen molar-refractivity contribution in [1.29, 1.82) is 0 Å². The van der Waals surface area contributed by atoms with E-state index >= 15 is 0 Å². The van der Waals surface area contributed by atoms with Crippen LogP contribution in [0.5, 0.6) is 0 Å². The first-order chi connectivity index (χ1) is 6.97. The highest BCUT2D eigenvalue weighted by atomic mass is 32.2. The van der Waals surface area contributed by atoms with Crippen molar-refractivity contribution in [3.8, 4) is 0 Å². The first kappa shape index (κ1) is 14.9. The second-order valence-electron chi connectivity index (χ2n) is 4.50. The smallest absolute Gasteiger partial charge is 0.325 e. The standard InChI is InChI=1S/C9H17NO5S/c1-6(8(12)13)10-7(11)5-16(14,15)9(2,3)4/h6H,5H2,1-4H3,(H,10,11)(H,12,13)/t6-/m0/s1. The highest BCUT2D eigenvalue weighted by Gasteiger charge is 2.31. The SMILES string of the molecule is C[C@H](NC(=O)CS(=O)(=O)C(C)(C)C)C(=O)O. The van der Waals surface area contributed by atoms with Crippen LogP contribution in [0, 0.1) is 0 Å². The fourth-order valence-corrected chi connectivity index (χ4v) is 1.60. The first-order valence-electron chi connectivity index (χ1n) is 4.72. The van der Waals surface area contributed by atoms with E-state index in [2.05, 4.69) is 5.32 Å². The van der Waals surface area contributed by atoms with Gasteiger partial charge in [0.2, 0.25) is 5.91 Å². The van der Waals surface area contributed by atoms with Gasteiger partial charge >= 0.3 is 5.97 Å². The highest BCUT2D eigenvalue weighted by molar-refractivity contribution is 7.93. The Hall–Kier alpha value is -1.11. The number of carbonyl (C=O) groups is 2. The lowest BCUT2D eigenvalue weighted by Crippen LogP contribution is -2.44. The van der Waals surface area contributed by atoms with Gasteiger partial charge in [0.05, 0.1) is 4.75 Å². The van der Waals surface area contributed by atoms with Crippen LogP contribution in [0.4, 0.5) is 0 Å². The maximum absolute atomic E-state index is 11.6. The van der Waals surface area contributed by atoms with Gasteiger partial charge in [-0.25, -0.2) is 8.42 Å². The van der Waals surface area contributed by atoms with Crippen LogP contribution >= 0.6 is 0 Å². The van der Waals surface area contributed by atoms with Gasteiger partial charge in [-0.1, -0.05) is 0 Å². The lowest BCUT2D eigenvalue weighted by Gasteiger charge is -2.19. The summed E-state index contributed by atoms with van der Waals surface area (Å²) in [6.45, 7) is 5.71. The van der Waals surface area contributed by atoms with Crippen LogP contribution in [0.15, 0.2) is 0 Å². The third kappa shape index (κ3) is 4.18. The van der Waals surface area contributed by atoms with E-state index in [0.29, 0.717) is 0 Å². The summed E-state index contributed by atoms with van der Waals surface area (Å²) in [5.41, 5.74) is 0. The van der Waals surface area contributed by atoms with Crippen molar-refractivity contribution in [2.75, 3.05) is 5.75 Å². The van der Waals surface area contributed by atoms with Gasteiger partial charge in [0.1, 0.15) is 11.8 Å². The van der Waals surface area contributed by atoms with Crippen LogP contribution in [0.25, 0.3) is 0 Å². The molecule has 0 bridgehead atoms. The average Bonchev–Trinajstić information content (AvgIpc) is 1.99. The second-order valence-corrected chi connectivity index (χ2v) is 7.24. The van der Waals surface area contributed by atoms with E-state index in [1.807, 2.05) is 0 Å². The summed E-state index contributed by atoms with van der Waals surface area (Å²) in [6.07, 6.45) is 0. The molecule has 16 heavy (non-hydrogen) atoms. The third-order valence-corrected chi connectivity index (χ3v) is 4.51. The molecule has 0 unspecified atom stereocenters. The number of sulfone groups is 1. The van der Waals surface area contributed by atoms with Crippen molar-refractivity contribution >= 4 is 21.7 Å². The summed E-state index contributed by atoms with van der Waals surface area (Å²) in [6, 6.07) is -1.09. The number of carboxylic acid groups (broad SMARTS) is 1. The van der Waals surface area contributed by atoms with E-state index in [0.717, 1.165) is 0 Å². The van der Waals surface area contributed by atoms with Crippen molar-refractivity contribution < 1.29 is 23.1 Å². The molecule has 6 nitrogen and oxygen atoms in total. The molecule has 1 atom stereocenters. The zero-order valence-electron chi connectivity index (χ0n) is 9.77. The van der Waals surface area contributed by atoms with Crippen LogP contribution in [0.3, 0.4) is 0 Å². The van der Waals surface area contributed by atoms with Crippen molar-refractivity contribution in [3.63, 3.8) is 0 Å². The summed E-state index contributed by atoms with van der Waals surface area (Å²) in [4.78, 5) is 21.7. The Morgan fingerprint density at radius 3 is 2.06 bits per heavy atom. The maximum Gasteiger partial charge on any atom is 0.325 e. The average molecular weight is 251 g/mol. The third-order valence-electron chi connectivity index (χ3n) is 2.00. The largest absolute Gasteiger partial charge is 0.480 e. The Balaban J connectivity index is 4.55. The summed E-state index contributed by atoms with van der Waals surface area (Å²) in [5.74, 6) is -2.71. The van der Waals surface area contributed by atoms with Gasteiger partial charge in [-0.15, -0.1) is 0 Å². The molecule has 0 heterocycles. The van der Waals surface area contributed by atoms with Crippen LogP contribution < -0.4 is 5.32 Å². The molecule has 0 aliphatic rings. The van der Waals surface area contributed by atoms with Crippen molar-refractivity contribution in [3.05, 3.63) is 0 Å². The number of nitrogens with one attached hydrogen (secondary N) is 1. The summed E-state index contributed by atoms with van der Waals surface area (Å²) in [7, 11) is -3.57. The molecule has 0 aromatic carbocycles. The van der Waals surface area contributed by atoms with Gasteiger partial charge in [0, 0.05) is 0 Å². The van der Waals surface area contributed by atoms with Gasteiger partial charge in [-0.3, -0.25) is 9.59 Å². The molecule has 94 valence electrons. The fourth-order valence-electron chi connectivity index (χ4n) is 0.734. The molecule has 7 heteroatoms. The van der Waals surface area contributed by atoms with Gasteiger partial charge in [0.25, 0.3) is 0 Å². The molecular weight excluding hydrogens is 234 g/mol. The summed E-state index contributed by atoms with van der Waals surface area (Å²) >= 11 is 0. The Morgan fingerprint density at radius 1 is 1.31 bits per heavy atom. The molecule has 0 radical (unpaired) electrons. The van der Waals surface area contributed by atoms with Gasteiger partial charge in [0.15, 0.2) is 9.84 Å². The summed E-state index contributed by atoms with van der Waals surface area (Å²) in [5, 5.41) is 10.6. The quantitative estimate of drug-likeness (QED) is 0.720. The maximum atomic E-state index is 11.6. The fraction of sp³-hybridized carbons (Fsp3) is 0.778. The number of carbonyl (C=O) groups excluding carboxylic acids is 1. The van der Waals surface area contributed by atoms with E-state index in [1.165, 1.54) is 27.7 Å². The summed E-state index contributed by atoms with van der Waals surface area (Å²) < 4.78 is 22.2. The predicted molar refractivity (Wildman–Crippen MR) is 58.8 cm³/mol. The number of aliphatic carboxylic acids is 1. The number of hydrogen-bond donors (Lipinski definition) is 2. The van der Waals surface area contributed by atoms with Gasteiger partial charge < -0.3 is 10.4 Å². The molecule has 0 fully saturated rings. The minimum absolute atomic E-state index is 0.700. The molecule has 0 spiro atoms. The van der Waals surface area contributed by atoms with Gasteiger partial charge in [-0.05, 0) is 27.7 Å². The first-order valence-corrected chi connectivity index (χ1v) is 6.37. The highest BCUT2D eigenvalue weighted by Crippen LogP contribution is 2.15. The van der Waals surface area contributed by atoms with E-state index in [-0.39, 0.29) is 0 Å². The number of rotatable bonds is 4. The molecule has 0 aromatic rings. The molecule has 0 saturated heterocycles. The molecule has 1 amide bonds. The Kier molecular flexibility index (Phi) is 4.48. The lowest BCUT2D eigenvalue weighted by atomic mass is 10.3. The van der Waals surface area contributed by atoms with Crippen LogP contribution in [-0.4, -0.2) is 41.9 Å². The predicted octanol–water partition coefficient (Wildman–Crippen LogP) is -0.211. The molecule has 0 aromatic heterocycles. The van der Waals surface area contributed by atoms with E-state index < -0.39 is 38.3 Å². The molecule has 0 saturated carbocycles. The van der Waals surface area contributed by atoms with E-state index in [4.69, 9.17) is 5.11 Å². The lowest BCUT2D eigenvalue weighted by molar-refractivity contribution is -0.140. The number of hydrogen-bond acceptors (Lipinski definition) is 4. The van der Waals surface area contributed by atoms with Crippen LogP contribution in [0.1, 0.15) is 27.7 Å². The van der Waals surface area contributed by atoms with Gasteiger partial charge in [-0.2, -0.15) is 0 Å². The van der Waals surface area contributed by atoms with Crippen molar-refractivity contribution in [1.82, 2.24) is 5.32 Å².